The second kappa shape index (κ2) is 6.38. The van der Waals surface area contributed by atoms with Gasteiger partial charge < -0.3 is 10.5 Å². The van der Waals surface area contributed by atoms with Crippen LogP contribution in [-0.4, -0.2) is 23.0 Å². The van der Waals surface area contributed by atoms with Gasteiger partial charge >= 0.3 is 0 Å². The highest BCUT2D eigenvalue weighted by atomic mass is 16.5. The van der Waals surface area contributed by atoms with E-state index in [-0.39, 0.29) is 0 Å². The summed E-state index contributed by atoms with van der Waals surface area (Å²) in [7, 11) is 0. The van der Waals surface area contributed by atoms with E-state index in [0.29, 0.717) is 12.5 Å². The molecular formula is C15H21N3O. The van der Waals surface area contributed by atoms with E-state index in [4.69, 9.17) is 10.5 Å². The smallest absolute Gasteiger partial charge is 0.0662 e. The van der Waals surface area contributed by atoms with Gasteiger partial charge in [-0.3, -0.25) is 4.68 Å². The third kappa shape index (κ3) is 4.10. The van der Waals surface area contributed by atoms with E-state index >= 15 is 0 Å². The first-order valence-electron chi connectivity index (χ1n) is 6.61. The maximum Gasteiger partial charge on any atom is 0.0662 e. The van der Waals surface area contributed by atoms with Crippen molar-refractivity contribution in [3.05, 3.63) is 36.7 Å². The van der Waals surface area contributed by atoms with Crippen molar-refractivity contribution >= 4 is 5.69 Å². The zero-order chi connectivity index (χ0) is 13.7. The van der Waals surface area contributed by atoms with Gasteiger partial charge in [0.15, 0.2) is 0 Å². The molecular weight excluding hydrogens is 238 g/mol. The fraction of sp³-hybridized carbons (Fsp3) is 0.400. The van der Waals surface area contributed by atoms with E-state index in [2.05, 4.69) is 18.9 Å². The van der Waals surface area contributed by atoms with E-state index in [1.807, 2.05) is 41.3 Å². The van der Waals surface area contributed by atoms with Crippen LogP contribution in [0.25, 0.3) is 11.1 Å². The minimum absolute atomic E-state index is 0.570. The third-order valence-electron chi connectivity index (χ3n) is 2.77. The van der Waals surface area contributed by atoms with E-state index in [1.165, 1.54) is 0 Å². The summed E-state index contributed by atoms with van der Waals surface area (Å²) < 4.78 is 7.45. The fourth-order valence-corrected chi connectivity index (χ4v) is 1.83. The highest BCUT2D eigenvalue weighted by Gasteiger charge is 2.02. The molecule has 0 unspecified atom stereocenters. The Morgan fingerprint density at radius 2 is 2.16 bits per heavy atom. The minimum atomic E-state index is 0.570. The number of rotatable bonds is 6. The van der Waals surface area contributed by atoms with Crippen molar-refractivity contribution < 1.29 is 4.74 Å². The molecule has 0 saturated carbocycles. The second-order valence-electron chi connectivity index (χ2n) is 5.09. The van der Waals surface area contributed by atoms with Crippen LogP contribution in [0.5, 0.6) is 0 Å². The predicted octanol–water partition coefficient (Wildman–Crippen LogP) is 2.80. The molecule has 4 nitrogen and oxygen atoms in total. The number of anilines is 1. The Morgan fingerprint density at radius 3 is 2.89 bits per heavy atom. The zero-order valence-corrected chi connectivity index (χ0v) is 11.5. The van der Waals surface area contributed by atoms with Crippen molar-refractivity contribution in [1.29, 1.82) is 0 Å². The molecule has 0 radical (unpaired) electrons. The number of hydrogen-bond donors (Lipinski definition) is 1. The lowest BCUT2D eigenvalue weighted by Gasteiger charge is -2.06. The Hall–Kier alpha value is -1.81. The van der Waals surface area contributed by atoms with Gasteiger partial charge in [-0.1, -0.05) is 26.0 Å². The van der Waals surface area contributed by atoms with Crippen LogP contribution in [0.1, 0.15) is 13.8 Å². The summed E-state index contributed by atoms with van der Waals surface area (Å²) in [6.45, 7) is 6.55. The molecule has 102 valence electrons. The maximum absolute atomic E-state index is 5.78. The molecule has 0 fully saturated rings. The molecule has 0 aliphatic rings. The summed E-state index contributed by atoms with van der Waals surface area (Å²) in [5.74, 6) is 0.570. The van der Waals surface area contributed by atoms with Gasteiger partial charge in [-0.15, -0.1) is 0 Å². The third-order valence-corrected chi connectivity index (χ3v) is 2.77. The zero-order valence-electron chi connectivity index (χ0n) is 11.5. The molecule has 0 saturated heterocycles. The summed E-state index contributed by atoms with van der Waals surface area (Å²) in [5.41, 5.74) is 8.72. The molecule has 0 bridgehead atoms. The van der Waals surface area contributed by atoms with E-state index in [9.17, 15) is 0 Å². The predicted molar refractivity (Wildman–Crippen MR) is 77.7 cm³/mol. The van der Waals surface area contributed by atoms with Crippen LogP contribution in [-0.2, 0) is 11.3 Å². The first kappa shape index (κ1) is 13.6. The number of ether oxygens (including phenoxy) is 1. The SMILES string of the molecule is CC(C)COCCn1cc(-c2cccc(N)c2)cn1. The van der Waals surface area contributed by atoms with Crippen LogP contribution >= 0.6 is 0 Å². The van der Waals surface area contributed by atoms with Crippen molar-refractivity contribution in [3.8, 4) is 11.1 Å². The van der Waals surface area contributed by atoms with Gasteiger partial charge in [-0.2, -0.15) is 5.10 Å². The molecule has 0 aliphatic heterocycles. The average Bonchev–Trinajstić information content (AvgIpc) is 2.83. The van der Waals surface area contributed by atoms with Gasteiger partial charge in [0.05, 0.1) is 19.3 Å². The maximum atomic E-state index is 5.78. The highest BCUT2D eigenvalue weighted by molar-refractivity contribution is 5.65. The van der Waals surface area contributed by atoms with Gasteiger partial charge in [-0.05, 0) is 23.6 Å². The summed E-state index contributed by atoms with van der Waals surface area (Å²) in [4.78, 5) is 0. The van der Waals surface area contributed by atoms with Crippen LogP contribution in [0, 0.1) is 5.92 Å². The Balaban J connectivity index is 1.92. The van der Waals surface area contributed by atoms with Crippen LogP contribution < -0.4 is 5.73 Å². The van der Waals surface area contributed by atoms with Crippen LogP contribution in [0.4, 0.5) is 5.69 Å². The molecule has 1 aromatic heterocycles. The summed E-state index contributed by atoms with van der Waals surface area (Å²) in [5, 5.41) is 4.33. The van der Waals surface area contributed by atoms with Crippen molar-refractivity contribution in [2.45, 2.75) is 20.4 Å². The number of hydrogen-bond acceptors (Lipinski definition) is 3. The molecule has 0 amide bonds. The number of aromatic nitrogens is 2. The van der Waals surface area contributed by atoms with Crippen LogP contribution in [0.2, 0.25) is 0 Å². The summed E-state index contributed by atoms with van der Waals surface area (Å²) in [6.07, 6.45) is 3.88. The molecule has 2 N–H and O–H groups in total. The van der Waals surface area contributed by atoms with Crippen LogP contribution in [0.3, 0.4) is 0 Å². The van der Waals surface area contributed by atoms with Crippen molar-refractivity contribution in [2.24, 2.45) is 5.92 Å². The van der Waals surface area contributed by atoms with Crippen LogP contribution in [0.15, 0.2) is 36.7 Å². The number of nitrogens with zero attached hydrogens (tertiary/aromatic N) is 2. The fourth-order valence-electron chi connectivity index (χ4n) is 1.83. The molecule has 1 aromatic carbocycles. The molecule has 0 aliphatic carbocycles. The van der Waals surface area contributed by atoms with Gasteiger partial charge in [0.2, 0.25) is 0 Å². The first-order chi connectivity index (χ1) is 9.15. The van der Waals surface area contributed by atoms with E-state index < -0.39 is 0 Å². The van der Waals surface area contributed by atoms with Crippen molar-refractivity contribution in [3.63, 3.8) is 0 Å². The normalized spacial score (nSPS) is 11.1. The summed E-state index contributed by atoms with van der Waals surface area (Å²) >= 11 is 0. The number of benzene rings is 1. The lowest BCUT2D eigenvalue weighted by atomic mass is 10.1. The van der Waals surface area contributed by atoms with Crippen molar-refractivity contribution in [1.82, 2.24) is 9.78 Å². The molecule has 2 aromatic rings. The van der Waals surface area contributed by atoms with E-state index in [1.54, 1.807) is 0 Å². The lowest BCUT2D eigenvalue weighted by molar-refractivity contribution is 0.101. The standard InChI is InChI=1S/C15H21N3O/c1-12(2)11-19-7-6-18-10-14(9-17-18)13-4-3-5-15(16)8-13/h3-5,8-10,12H,6-7,11,16H2,1-2H3. The minimum Gasteiger partial charge on any atom is -0.399 e. The second-order valence-corrected chi connectivity index (χ2v) is 5.09. The Labute approximate surface area is 114 Å². The molecule has 19 heavy (non-hydrogen) atoms. The number of nitrogens with two attached hydrogens (primary N) is 1. The summed E-state index contributed by atoms with van der Waals surface area (Å²) in [6, 6.07) is 7.82. The van der Waals surface area contributed by atoms with Gasteiger partial charge in [0.25, 0.3) is 0 Å². The largest absolute Gasteiger partial charge is 0.399 e. The van der Waals surface area contributed by atoms with Gasteiger partial charge in [0, 0.05) is 24.1 Å². The lowest BCUT2D eigenvalue weighted by Crippen LogP contribution is -2.09. The molecule has 4 heteroatoms. The Kier molecular flexibility index (Phi) is 4.58. The molecule has 0 atom stereocenters. The molecule has 2 rings (SSSR count). The van der Waals surface area contributed by atoms with E-state index in [0.717, 1.165) is 30.0 Å². The monoisotopic (exact) mass is 259 g/mol. The Morgan fingerprint density at radius 1 is 1.32 bits per heavy atom. The van der Waals surface area contributed by atoms with Crippen molar-refractivity contribution in [2.75, 3.05) is 18.9 Å². The number of nitrogen functional groups attached to an aromatic ring is 1. The molecule has 1 heterocycles. The Bertz CT molecular complexity index is 520. The van der Waals surface area contributed by atoms with Gasteiger partial charge in [0.1, 0.15) is 0 Å². The quantitative estimate of drug-likeness (QED) is 0.641. The molecule has 0 spiro atoms. The average molecular weight is 259 g/mol. The highest BCUT2D eigenvalue weighted by Crippen LogP contribution is 2.20. The topological polar surface area (TPSA) is 53.1 Å². The first-order valence-corrected chi connectivity index (χ1v) is 6.61. The van der Waals surface area contributed by atoms with Gasteiger partial charge in [-0.25, -0.2) is 0 Å².